The maximum atomic E-state index is 9.22. The van der Waals surface area contributed by atoms with Crippen LogP contribution in [-0.4, -0.2) is 17.8 Å². The highest BCUT2D eigenvalue weighted by atomic mass is 35.5. The highest BCUT2D eigenvalue weighted by Gasteiger charge is 2.22. The maximum Gasteiger partial charge on any atom is 0.0934 e. The Labute approximate surface area is 106 Å². The van der Waals surface area contributed by atoms with Crippen molar-refractivity contribution < 1.29 is 5.11 Å². The van der Waals surface area contributed by atoms with Gasteiger partial charge in [-0.3, -0.25) is 0 Å². The highest BCUT2D eigenvalue weighted by molar-refractivity contribution is 7.16. The number of rotatable bonds is 4. The molecule has 0 spiro atoms. The first-order valence-electron chi connectivity index (χ1n) is 5.86. The van der Waals surface area contributed by atoms with Gasteiger partial charge >= 0.3 is 0 Å². The molecule has 0 saturated heterocycles. The molecule has 16 heavy (non-hydrogen) atoms. The number of hydrogen-bond acceptors (Lipinski definition) is 3. The molecule has 2 N–H and O–H groups in total. The molecule has 0 amide bonds. The summed E-state index contributed by atoms with van der Waals surface area (Å²) < 4.78 is 0.897. The number of aryl methyl sites for hydroxylation is 1. The van der Waals surface area contributed by atoms with E-state index < -0.39 is 0 Å². The SMILES string of the molecule is CC(O)CCNC1CCCc2sc(Cl)cc21. The number of fused-ring (bicyclic) bond motifs is 1. The third-order valence-corrected chi connectivity index (χ3v) is 4.38. The zero-order chi connectivity index (χ0) is 11.5. The number of hydrogen-bond donors (Lipinski definition) is 2. The first-order chi connectivity index (χ1) is 7.66. The Kier molecular flexibility index (Phi) is 4.25. The highest BCUT2D eigenvalue weighted by Crippen LogP contribution is 2.37. The van der Waals surface area contributed by atoms with Gasteiger partial charge in [0.05, 0.1) is 10.4 Å². The van der Waals surface area contributed by atoms with E-state index in [9.17, 15) is 5.11 Å². The van der Waals surface area contributed by atoms with Gasteiger partial charge in [0.25, 0.3) is 0 Å². The fourth-order valence-electron chi connectivity index (χ4n) is 2.20. The smallest absolute Gasteiger partial charge is 0.0934 e. The summed E-state index contributed by atoms with van der Waals surface area (Å²) in [4.78, 5) is 1.44. The number of halogens is 1. The molecule has 2 atom stereocenters. The van der Waals surface area contributed by atoms with E-state index >= 15 is 0 Å². The third-order valence-electron chi connectivity index (χ3n) is 3.04. The average Bonchev–Trinajstić information content (AvgIpc) is 2.58. The van der Waals surface area contributed by atoms with Crippen LogP contribution < -0.4 is 5.32 Å². The molecule has 1 aromatic rings. The molecule has 2 rings (SSSR count). The largest absolute Gasteiger partial charge is 0.393 e. The summed E-state index contributed by atoms with van der Waals surface area (Å²) in [6, 6.07) is 2.53. The van der Waals surface area contributed by atoms with Crippen molar-refractivity contribution in [2.75, 3.05) is 6.54 Å². The zero-order valence-corrected chi connectivity index (χ0v) is 11.1. The van der Waals surface area contributed by atoms with Crippen LogP contribution in [0.25, 0.3) is 0 Å². The van der Waals surface area contributed by atoms with Crippen molar-refractivity contribution in [2.24, 2.45) is 0 Å². The maximum absolute atomic E-state index is 9.22. The Bertz CT molecular complexity index is 351. The van der Waals surface area contributed by atoms with E-state index in [1.54, 1.807) is 11.3 Å². The molecule has 0 bridgehead atoms. The summed E-state index contributed by atoms with van der Waals surface area (Å²) in [6.07, 6.45) is 4.17. The molecule has 0 aliphatic heterocycles. The molecule has 2 nitrogen and oxygen atoms in total. The van der Waals surface area contributed by atoms with Gasteiger partial charge in [0.1, 0.15) is 0 Å². The predicted octanol–water partition coefficient (Wildman–Crippen LogP) is 3.14. The van der Waals surface area contributed by atoms with Gasteiger partial charge in [-0.15, -0.1) is 11.3 Å². The van der Waals surface area contributed by atoms with Gasteiger partial charge in [-0.2, -0.15) is 0 Å². The molecule has 0 radical (unpaired) electrons. The second kappa shape index (κ2) is 5.50. The van der Waals surface area contributed by atoms with Crippen LogP contribution in [0, 0.1) is 0 Å². The number of nitrogens with one attached hydrogen (secondary N) is 1. The Balaban J connectivity index is 1.96. The Hall–Kier alpha value is -0.0900. The van der Waals surface area contributed by atoms with E-state index in [1.807, 2.05) is 6.92 Å². The fraction of sp³-hybridized carbons (Fsp3) is 0.667. The molecule has 4 heteroatoms. The molecule has 1 heterocycles. The van der Waals surface area contributed by atoms with Crippen LogP contribution in [0.15, 0.2) is 6.07 Å². The molecule has 90 valence electrons. The van der Waals surface area contributed by atoms with Crippen molar-refractivity contribution >= 4 is 22.9 Å². The van der Waals surface area contributed by atoms with Crippen LogP contribution in [0.5, 0.6) is 0 Å². The van der Waals surface area contributed by atoms with Crippen LogP contribution in [0.3, 0.4) is 0 Å². The standard InChI is InChI=1S/C12H18ClNOS/c1-8(15)5-6-14-10-3-2-4-11-9(10)7-12(13)16-11/h7-8,10,14-15H,2-6H2,1H3. The summed E-state index contributed by atoms with van der Waals surface area (Å²) in [5.74, 6) is 0. The van der Waals surface area contributed by atoms with Crippen LogP contribution >= 0.6 is 22.9 Å². The summed E-state index contributed by atoms with van der Waals surface area (Å²) in [5, 5.41) is 12.7. The monoisotopic (exact) mass is 259 g/mol. The zero-order valence-electron chi connectivity index (χ0n) is 9.50. The minimum absolute atomic E-state index is 0.221. The third kappa shape index (κ3) is 2.98. The fourth-order valence-corrected chi connectivity index (χ4v) is 3.58. The second-order valence-corrected chi connectivity index (χ2v) is 6.23. The summed E-state index contributed by atoms with van der Waals surface area (Å²) in [7, 11) is 0. The van der Waals surface area contributed by atoms with E-state index in [4.69, 9.17) is 11.6 Å². The Morgan fingerprint density at radius 2 is 2.50 bits per heavy atom. The van der Waals surface area contributed by atoms with Crippen molar-refractivity contribution in [1.82, 2.24) is 5.32 Å². The van der Waals surface area contributed by atoms with Gasteiger partial charge in [0.2, 0.25) is 0 Å². The average molecular weight is 260 g/mol. The first-order valence-corrected chi connectivity index (χ1v) is 7.06. The number of aliphatic hydroxyl groups is 1. The lowest BCUT2D eigenvalue weighted by Gasteiger charge is -2.24. The summed E-state index contributed by atoms with van der Waals surface area (Å²) in [6.45, 7) is 2.70. The van der Waals surface area contributed by atoms with Crippen LogP contribution in [0.2, 0.25) is 4.34 Å². The van der Waals surface area contributed by atoms with E-state index in [0.717, 1.165) is 17.3 Å². The van der Waals surface area contributed by atoms with E-state index in [-0.39, 0.29) is 6.10 Å². The minimum atomic E-state index is -0.221. The van der Waals surface area contributed by atoms with Crippen LogP contribution in [0.4, 0.5) is 0 Å². The van der Waals surface area contributed by atoms with E-state index in [2.05, 4.69) is 11.4 Å². The van der Waals surface area contributed by atoms with Gasteiger partial charge < -0.3 is 10.4 Å². The Morgan fingerprint density at radius 3 is 3.25 bits per heavy atom. The Morgan fingerprint density at radius 1 is 1.69 bits per heavy atom. The van der Waals surface area contributed by atoms with Crippen molar-refractivity contribution in [1.29, 1.82) is 0 Å². The molecule has 1 aliphatic carbocycles. The lowest BCUT2D eigenvalue weighted by atomic mass is 9.94. The molecule has 0 fully saturated rings. The molecule has 2 unspecified atom stereocenters. The molecular weight excluding hydrogens is 242 g/mol. The number of thiophene rings is 1. The quantitative estimate of drug-likeness (QED) is 0.871. The molecule has 1 aromatic heterocycles. The van der Waals surface area contributed by atoms with E-state index in [1.165, 1.54) is 29.7 Å². The summed E-state index contributed by atoms with van der Waals surface area (Å²) in [5.41, 5.74) is 1.38. The van der Waals surface area contributed by atoms with Crippen molar-refractivity contribution in [3.63, 3.8) is 0 Å². The van der Waals surface area contributed by atoms with Gasteiger partial charge in [-0.05, 0) is 50.8 Å². The van der Waals surface area contributed by atoms with Crippen LogP contribution in [0.1, 0.15) is 42.7 Å². The van der Waals surface area contributed by atoms with Gasteiger partial charge in [-0.25, -0.2) is 0 Å². The lowest BCUT2D eigenvalue weighted by molar-refractivity contribution is 0.181. The lowest BCUT2D eigenvalue weighted by Crippen LogP contribution is -2.26. The van der Waals surface area contributed by atoms with Crippen molar-refractivity contribution in [3.05, 3.63) is 20.8 Å². The first kappa shape index (κ1) is 12.4. The van der Waals surface area contributed by atoms with Crippen molar-refractivity contribution in [3.8, 4) is 0 Å². The van der Waals surface area contributed by atoms with Gasteiger partial charge in [0.15, 0.2) is 0 Å². The molecule has 0 saturated carbocycles. The molecule has 0 aromatic carbocycles. The van der Waals surface area contributed by atoms with Gasteiger partial charge in [-0.1, -0.05) is 11.6 Å². The topological polar surface area (TPSA) is 32.3 Å². The van der Waals surface area contributed by atoms with Crippen molar-refractivity contribution in [2.45, 2.75) is 44.8 Å². The minimum Gasteiger partial charge on any atom is -0.393 e. The number of aliphatic hydroxyl groups excluding tert-OH is 1. The van der Waals surface area contributed by atoms with Gasteiger partial charge in [0, 0.05) is 10.9 Å². The van der Waals surface area contributed by atoms with Crippen LogP contribution in [-0.2, 0) is 6.42 Å². The second-order valence-electron chi connectivity index (χ2n) is 4.47. The molecule has 1 aliphatic rings. The van der Waals surface area contributed by atoms with E-state index in [0.29, 0.717) is 6.04 Å². The predicted molar refractivity (Wildman–Crippen MR) is 69.3 cm³/mol. The normalized spacial score (nSPS) is 21.8. The summed E-state index contributed by atoms with van der Waals surface area (Å²) >= 11 is 7.76. The molecular formula is C12H18ClNOS.